The summed E-state index contributed by atoms with van der Waals surface area (Å²) in [5.74, 6) is -1.48. The largest absolute Gasteiger partial charge is 0.508 e. The molecule has 1 fully saturated rings. The molecule has 0 saturated carbocycles. The number of likely N-dealkylation sites (tertiary alicyclic amines) is 1. The Labute approximate surface area is 157 Å². The predicted octanol–water partition coefficient (Wildman–Crippen LogP) is 3.03. The van der Waals surface area contributed by atoms with E-state index in [1.54, 1.807) is 18.2 Å². The number of aliphatic hydroxyl groups is 1. The SMILES string of the molecule is O=C(CN1C[C@@H](CCc2cccc(F)c2F)[C@@H](CO)C1)c1ccc(O)cc1. The molecule has 1 aliphatic rings. The van der Waals surface area contributed by atoms with Gasteiger partial charge in [0.05, 0.1) is 6.54 Å². The highest BCUT2D eigenvalue weighted by molar-refractivity contribution is 5.97. The van der Waals surface area contributed by atoms with Crippen molar-refractivity contribution in [3.05, 3.63) is 65.2 Å². The van der Waals surface area contributed by atoms with Crippen molar-refractivity contribution in [3.8, 4) is 5.75 Å². The van der Waals surface area contributed by atoms with Crippen LogP contribution in [0.5, 0.6) is 5.75 Å². The zero-order valence-electron chi connectivity index (χ0n) is 14.9. The lowest BCUT2D eigenvalue weighted by Crippen LogP contribution is -2.28. The van der Waals surface area contributed by atoms with E-state index in [9.17, 15) is 23.8 Å². The molecule has 0 aliphatic carbocycles. The van der Waals surface area contributed by atoms with E-state index in [0.29, 0.717) is 37.1 Å². The third-order valence-electron chi connectivity index (χ3n) is 5.26. The molecule has 3 rings (SSSR count). The first-order chi connectivity index (χ1) is 13.0. The number of aliphatic hydroxyl groups excluding tert-OH is 1. The lowest BCUT2D eigenvalue weighted by molar-refractivity contribution is 0.0940. The van der Waals surface area contributed by atoms with Gasteiger partial charge in [-0.2, -0.15) is 0 Å². The zero-order chi connectivity index (χ0) is 19.4. The molecule has 1 saturated heterocycles. The minimum Gasteiger partial charge on any atom is -0.508 e. The fourth-order valence-corrected chi connectivity index (χ4v) is 3.72. The van der Waals surface area contributed by atoms with Gasteiger partial charge < -0.3 is 10.2 Å². The van der Waals surface area contributed by atoms with Gasteiger partial charge >= 0.3 is 0 Å². The number of phenolic OH excluding ortho intramolecular Hbond substituents is 1. The van der Waals surface area contributed by atoms with Crippen LogP contribution in [-0.4, -0.2) is 47.1 Å². The highest BCUT2D eigenvalue weighted by Crippen LogP contribution is 2.28. The highest BCUT2D eigenvalue weighted by Gasteiger charge is 2.33. The summed E-state index contributed by atoms with van der Waals surface area (Å²) in [6.07, 6.45) is 1.01. The number of rotatable bonds is 7. The molecule has 0 radical (unpaired) electrons. The average molecular weight is 375 g/mol. The number of ketones is 1. The number of phenols is 1. The molecule has 0 amide bonds. The molecule has 1 heterocycles. The number of nitrogens with zero attached hydrogens (tertiary/aromatic N) is 1. The van der Waals surface area contributed by atoms with Crippen molar-refractivity contribution in [3.63, 3.8) is 0 Å². The van der Waals surface area contributed by atoms with Crippen LogP contribution < -0.4 is 0 Å². The number of aryl methyl sites for hydroxylation is 1. The molecule has 2 atom stereocenters. The van der Waals surface area contributed by atoms with E-state index in [4.69, 9.17) is 0 Å². The van der Waals surface area contributed by atoms with E-state index in [1.807, 2.05) is 4.90 Å². The number of carbonyl (C=O) groups excluding carboxylic acids is 1. The maximum absolute atomic E-state index is 13.8. The second-order valence-corrected chi connectivity index (χ2v) is 7.12. The summed E-state index contributed by atoms with van der Waals surface area (Å²) in [7, 11) is 0. The van der Waals surface area contributed by atoms with Crippen molar-refractivity contribution < 1.29 is 23.8 Å². The number of aromatic hydroxyl groups is 1. The van der Waals surface area contributed by atoms with Crippen molar-refractivity contribution in [2.24, 2.45) is 11.8 Å². The van der Waals surface area contributed by atoms with Crippen LogP contribution in [0.25, 0.3) is 0 Å². The summed E-state index contributed by atoms with van der Waals surface area (Å²) in [5.41, 5.74) is 0.865. The summed E-state index contributed by atoms with van der Waals surface area (Å²) in [6, 6.07) is 10.3. The van der Waals surface area contributed by atoms with E-state index < -0.39 is 11.6 Å². The van der Waals surface area contributed by atoms with E-state index in [1.165, 1.54) is 18.2 Å². The maximum Gasteiger partial charge on any atom is 0.176 e. The molecule has 1 aliphatic heterocycles. The summed E-state index contributed by atoms with van der Waals surface area (Å²) >= 11 is 0. The highest BCUT2D eigenvalue weighted by atomic mass is 19.2. The van der Waals surface area contributed by atoms with Gasteiger partial charge in [-0.05, 0) is 60.6 Å². The third kappa shape index (κ3) is 4.70. The van der Waals surface area contributed by atoms with Crippen LogP contribution in [0.2, 0.25) is 0 Å². The molecule has 6 heteroatoms. The van der Waals surface area contributed by atoms with Gasteiger partial charge in [0, 0.05) is 25.3 Å². The summed E-state index contributed by atoms with van der Waals surface area (Å²) < 4.78 is 27.2. The van der Waals surface area contributed by atoms with Gasteiger partial charge in [-0.3, -0.25) is 9.69 Å². The fraction of sp³-hybridized carbons (Fsp3) is 0.381. The molecule has 2 N–H and O–H groups in total. The van der Waals surface area contributed by atoms with Gasteiger partial charge in [0.25, 0.3) is 0 Å². The third-order valence-corrected chi connectivity index (χ3v) is 5.26. The number of benzene rings is 2. The second-order valence-electron chi connectivity index (χ2n) is 7.12. The molecule has 4 nitrogen and oxygen atoms in total. The molecule has 0 spiro atoms. The van der Waals surface area contributed by atoms with Crippen molar-refractivity contribution >= 4 is 5.78 Å². The Morgan fingerprint density at radius 1 is 1.07 bits per heavy atom. The van der Waals surface area contributed by atoms with Crippen LogP contribution >= 0.6 is 0 Å². The lowest BCUT2D eigenvalue weighted by atomic mass is 9.90. The van der Waals surface area contributed by atoms with E-state index >= 15 is 0 Å². The first-order valence-electron chi connectivity index (χ1n) is 9.06. The van der Waals surface area contributed by atoms with Gasteiger partial charge in [-0.1, -0.05) is 12.1 Å². The Morgan fingerprint density at radius 2 is 1.78 bits per heavy atom. The summed E-state index contributed by atoms with van der Waals surface area (Å²) in [4.78, 5) is 14.4. The monoisotopic (exact) mass is 375 g/mol. The smallest absolute Gasteiger partial charge is 0.176 e. The van der Waals surface area contributed by atoms with Gasteiger partial charge in [0.1, 0.15) is 5.75 Å². The van der Waals surface area contributed by atoms with Gasteiger partial charge in [0.15, 0.2) is 17.4 Å². The minimum absolute atomic E-state index is 0.000198. The summed E-state index contributed by atoms with van der Waals surface area (Å²) in [6.45, 7) is 1.45. The Kier molecular flexibility index (Phi) is 6.19. The molecule has 2 aromatic carbocycles. The zero-order valence-corrected chi connectivity index (χ0v) is 14.9. The number of halogens is 2. The molecular weight excluding hydrogens is 352 g/mol. The molecule has 0 unspecified atom stereocenters. The first kappa shape index (κ1) is 19.5. The van der Waals surface area contributed by atoms with E-state index in [0.717, 1.165) is 6.07 Å². The second kappa shape index (κ2) is 8.59. The average Bonchev–Trinajstić information content (AvgIpc) is 3.05. The molecule has 2 aromatic rings. The van der Waals surface area contributed by atoms with Gasteiger partial charge in [-0.15, -0.1) is 0 Å². The molecule has 144 valence electrons. The van der Waals surface area contributed by atoms with Crippen LogP contribution in [0.1, 0.15) is 22.3 Å². The van der Waals surface area contributed by atoms with Crippen LogP contribution in [0, 0.1) is 23.5 Å². The summed E-state index contributed by atoms with van der Waals surface area (Å²) in [5, 5.41) is 19.0. The number of hydrogen-bond donors (Lipinski definition) is 2. The number of hydrogen-bond acceptors (Lipinski definition) is 4. The van der Waals surface area contributed by atoms with Crippen molar-refractivity contribution in [2.45, 2.75) is 12.8 Å². The maximum atomic E-state index is 13.8. The Bertz CT molecular complexity index is 795. The quantitative estimate of drug-likeness (QED) is 0.731. The van der Waals surface area contributed by atoms with E-state index in [-0.39, 0.29) is 36.5 Å². The normalized spacial score (nSPS) is 20.1. The Balaban J connectivity index is 1.58. The number of Topliss-reactive ketones (excluding diaryl/α,β-unsaturated/α-hetero) is 1. The Hall–Kier alpha value is -2.31. The molecule has 27 heavy (non-hydrogen) atoms. The van der Waals surface area contributed by atoms with Crippen molar-refractivity contribution in [2.75, 3.05) is 26.2 Å². The van der Waals surface area contributed by atoms with Crippen LogP contribution in [0.3, 0.4) is 0 Å². The fourth-order valence-electron chi connectivity index (χ4n) is 3.72. The molecular formula is C21H23F2NO3. The minimum atomic E-state index is -0.848. The van der Waals surface area contributed by atoms with Crippen LogP contribution in [0.15, 0.2) is 42.5 Å². The van der Waals surface area contributed by atoms with E-state index in [2.05, 4.69) is 0 Å². The standard InChI is InChI=1S/C21H23F2NO3/c22-19-3-1-2-15(21(19)23)4-5-16-10-24(11-17(16)13-25)12-20(27)14-6-8-18(26)9-7-14/h1-3,6-9,16-17,25-26H,4-5,10-13H2/t16-,17-/m1/s1. The molecule has 0 aromatic heterocycles. The lowest BCUT2D eigenvalue weighted by Gasteiger charge is -2.16. The first-order valence-corrected chi connectivity index (χ1v) is 9.06. The van der Waals surface area contributed by atoms with Crippen LogP contribution in [0.4, 0.5) is 8.78 Å². The number of carbonyl (C=O) groups is 1. The molecule has 0 bridgehead atoms. The van der Waals surface area contributed by atoms with Gasteiger partial charge in [0.2, 0.25) is 0 Å². The van der Waals surface area contributed by atoms with Crippen molar-refractivity contribution in [1.82, 2.24) is 4.90 Å². The predicted molar refractivity (Wildman–Crippen MR) is 97.6 cm³/mol. The Morgan fingerprint density at radius 3 is 2.48 bits per heavy atom. The van der Waals surface area contributed by atoms with Crippen molar-refractivity contribution in [1.29, 1.82) is 0 Å². The topological polar surface area (TPSA) is 60.8 Å². The van der Waals surface area contributed by atoms with Gasteiger partial charge in [-0.25, -0.2) is 8.78 Å². The van der Waals surface area contributed by atoms with Crippen LogP contribution in [-0.2, 0) is 6.42 Å².